The molecule has 0 saturated carbocycles. The first kappa shape index (κ1) is 16.7. The summed E-state index contributed by atoms with van der Waals surface area (Å²) >= 11 is 0. The third-order valence-corrected chi connectivity index (χ3v) is 4.31. The monoisotopic (exact) mass is 267 g/mol. The van der Waals surface area contributed by atoms with Crippen molar-refractivity contribution in [2.45, 2.75) is 84.6 Å². The molecule has 0 aromatic heterocycles. The van der Waals surface area contributed by atoms with Crippen molar-refractivity contribution in [1.29, 1.82) is 0 Å². The predicted octanol–water partition coefficient (Wildman–Crippen LogP) is 4.43. The van der Waals surface area contributed by atoms with Gasteiger partial charge in [-0.2, -0.15) is 0 Å². The molecule has 1 rings (SSSR count). The zero-order valence-electron chi connectivity index (χ0n) is 13.3. The molecule has 2 heteroatoms. The van der Waals surface area contributed by atoms with Gasteiger partial charge in [-0.05, 0) is 32.4 Å². The van der Waals surface area contributed by atoms with Crippen molar-refractivity contribution in [2.24, 2.45) is 5.92 Å². The quantitative estimate of drug-likeness (QED) is 0.546. The Morgan fingerprint density at radius 1 is 1.11 bits per heavy atom. The second-order valence-corrected chi connectivity index (χ2v) is 6.37. The first-order chi connectivity index (χ1) is 9.16. The molecule has 0 aromatic carbocycles. The molecule has 1 saturated heterocycles. The smallest absolute Gasteiger partial charge is 0.152 e. The molecule has 1 heterocycles. The molecule has 1 aliphatic rings. The molecule has 112 valence electrons. The number of ketones is 1. The van der Waals surface area contributed by atoms with E-state index in [1.165, 1.54) is 51.4 Å². The van der Waals surface area contributed by atoms with E-state index in [2.05, 4.69) is 11.8 Å². The van der Waals surface area contributed by atoms with Crippen molar-refractivity contribution in [3.8, 4) is 0 Å². The lowest BCUT2D eigenvalue weighted by atomic mass is 10.00. The first-order valence-electron chi connectivity index (χ1n) is 8.44. The van der Waals surface area contributed by atoms with E-state index in [4.69, 9.17) is 0 Å². The zero-order chi connectivity index (χ0) is 14.1. The van der Waals surface area contributed by atoms with Crippen LogP contribution in [0.25, 0.3) is 0 Å². The summed E-state index contributed by atoms with van der Waals surface area (Å²) in [6.07, 6.45) is 11.8. The van der Waals surface area contributed by atoms with Crippen molar-refractivity contribution >= 4 is 5.78 Å². The third kappa shape index (κ3) is 6.07. The number of nitrogens with zero attached hydrogens (tertiary/aromatic N) is 1. The van der Waals surface area contributed by atoms with Crippen molar-refractivity contribution < 1.29 is 4.79 Å². The van der Waals surface area contributed by atoms with Gasteiger partial charge >= 0.3 is 0 Å². The summed E-state index contributed by atoms with van der Waals surface area (Å²) in [5.74, 6) is 0.653. The van der Waals surface area contributed by atoms with Crippen LogP contribution in [0.15, 0.2) is 0 Å². The maximum absolute atomic E-state index is 12.1. The number of Topliss-reactive ketones (excluding diaryl/α,β-unsaturated/α-hetero) is 1. The Morgan fingerprint density at radius 2 is 1.74 bits per heavy atom. The van der Waals surface area contributed by atoms with Gasteiger partial charge in [-0.1, -0.05) is 59.3 Å². The first-order valence-corrected chi connectivity index (χ1v) is 8.44. The summed E-state index contributed by atoms with van der Waals surface area (Å²) in [7, 11) is 0. The molecule has 1 aliphatic heterocycles. The molecule has 1 unspecified atom stereocenters. The molecule has 0 spiro atoms. The third-order valence-electron chi connectivity index (χ3n) is 4.31. The Kier molecular flexibility index (Phi) is 8.36. The van der Waals surface area contributed by atoms with Crippen molar-refractivity contribution in [3.63, 3.8) is 0 Å². The Hall–Kier alpha value is -0.370. The van der Waals surface area contributed by atoms with E-state index in [0.29, 0.717) is 5.78 Å². The van der Waals surface area contributed by atoms with Gasteiger partial charge in [0.25, 0.3) is 0 Å². The molecule has 19 heavy (non-hydrogen) atoms. The predicted molar refractivity (Wildman–Crippen MR) is 82.4 cm³/mol. The van der Waals surface area contributed by atoms with Gasteiger partial charge in [-0.3, -0.25) is 9.69 Å². The molecule has 0 N–H and O–H groups in total. The number of carbonyl (C=O) groups is 1. The van der Waals surface area contributed by atoms with Crippen LogP contribution in [0.2, 0.25) is 0 Å². The standard InChI is InChI=1S/C17H33NO/c1-4-5-6-7-8-9-10-13-18-14-11-12-16(18)17(19)15(2)3/h15-16H,4-14H2,1-3H3. The largest absolute Gasteiger partial charge is 0.298 e. The van der Waals surface area contributed by atoms with Crippen LogP contribution in [0.5, 0.6) is 0 Å². The number of carbonyl (C=O) groups excluding carboxylic acids is 1. The molecule has 2 nitrogen and oxygen atoms in total. The summed E-state index contributed by atoms with van der Waals surface area (Å²) in [6, 6.07) is 0.236. The fourth-order valence-electron chi connectivity index (χ4n) is 3.07. The molecule has 1 fully saturated rings. The average Bonchev–Trinajstić information content (AvgIpc) is 2.85. The van der Waals surface area contributed by atoms with E-state index in [-0.39, 0.29) is 12.0 Å². The molecular weight excluding hydrogens is 234 g/mol. The summed E-state index contributed by atoms with van der Waals surface area (Å²) < 4.78 is 0. The van der Waals surface area contributed by atoms with E-state index in [9.17, 15) is 4.79 Å². The van der Waals surface area contributed by atoms with Gasteiger partial charge in [0.2, 0.25) is 0 Å². The van der Waals surface area contributed by atoms with E-state index in [1.54, 1.807) is 0 Å². The highest BCUT2D eigenvalue weighted by Crippen LogP contribution is 2.21. The number of rotatable bonds is 10. The molecule has 0 amide bonds. The van der Waals surface area contributed by atoms with Gasteiger partial charge in [0, 0.05) is 5.92 Å². The lowest BCUT2D eigenvalue weighted by Gasteiger charge is -2.24. The topological polar surface area (TPSA) is 20.3 Å². The normalized spacial score (nSPS) is 20.3. The van der Waals surface area contributed by atoms with Crippen LogP contribution in [0.1, 0.15) is 78.6 Å². The van der Waals surface area contributed by atoms with E-state index in [0.717, 1.165) is 19.5 Å². The molecule has 0 aliphatic carbocycles. The van der Waals surface area contributed by atoms with Crippen LogP contribution in [0, 0.1) is 5.92 Å². The lowest BCUT2D eigenvalue weighted by molar-refractivity contribution is -0.126. The zero-order valence-corrected chi connectivity index (χ0v) is 13.3. The average molecular weight is 267 g/mol. The minimum absolute atomic E-state index is 0.194. The second-order valence-electron chi connectivity index (χ2n) is 6.37. The highest BCUT2D eigenvalue weighted by molar-refractivity contribution is 5.85. The highest BCUT2D eigenvalue weighted by atomic mass is 16.1. The van der Waals surface area contributed by atoms with Crippen LogP contribution in [-0.4, -0.2) is 29.8 Å². The Balaban J connectivity index is 2.12. The molecule has 0 bridgehead atoms. The van der Waals surface area contributed by atoms with Gasteiger partial charge in [-0.15, -0.1) is 0 Å². The van der Waals surface area contributed by atoms with Gasteiger partial charge in [0.05, 0.1) is 6.04 Å². The summed E-state index contributed by atoms with van der Waals surface area (Å²) in [5.41, 5.74) is 0. The van der Waals surface area contributed by atoms with Crippen LogP contribution in [-0.2, 0) is 4.79 Å². The summed E-state index contributed by atoms with van der Waals surface area (Å²) in [6.45, 7) is 8.61. The number of unbranched alkanes of at least 4 members (excludes halogenated alkanes) is 6. The maximum atomic E-state index is 12.1. The van der Waals surface area contributed by atoms with Crippen LogP contribution in [0.3, 0.4) is 0 Å². The van der Waals surface area contributed by atoms with Gasteiger partial charge in [0.15, 0.2) is 5.78 Å². The minimum Gasteiger partial charge on any atom is -0.298 e. The summed E-state index contributed by atoms with van der Waals surface area (Å²) in [4.78, 5) is 14.6. The molecule has 0 aromatic rings. The van der Waals surface area contributed by atoms with Crippen molar-refractivity contribution in [1.82, 2.24) is 4.90 Å². The van der Waals surface area contributed by atoms with Crippen LogP contribution in [0.4, 0.5) is 0 Å². The minimum atomic E-state index is 0.194. The Bertz CT molecular complexity index is 250. The lowest BCUT2D eigenvalue weighted by Crippen LogP contribution is -2.38. The highest BCUT2D eigenvalue weighted by Gasteiger charge is 2.30. The molecular formula is C17H33NO. The van der Waals surface area contributed by atoms with Gasteiger partial charge in [-0.25, -0.2) is 0 Å². The number of hydrogen-bond donors (Lipinski definition) is 0. The fourth-order valence-corrected chi connectivity index (χ4v) is 3.07. The van der Waals surface area contributed by atoms with Gasteiger partial charge in [0.1, 0.15) is 0 Å². The van der Waals surface area contributed by atoms with E-state index < -0.39 is 0 Å². The van der Waals surface area contributed by atoms with Crippen LogP contribution < -0.4 is 0 Å². The van der Waals surface area contributed by atoms with Crippen molar-refractivity contribution in [3.05, 3.63) is 0 Å². The fraction of sp³-hybridized carbons (Fsp3) is 0.941. The van der Waals surface area contributed by atoms with Crippen molar-refractivity contribution in [2.75, 3.05) is 13.1 Å². The van der Waals surface area contributed by atoms with Crippen LogP contribution >= 0.6 is 0 Å². The Morgan fingerprint density at radius 3 is 2.37 bits per heavy atom. The number of likely N-dealkylation sites (tertiary alicyclic amines) is 1. The summed E-state index contributed by atoms with van der Waals surface area (Å²) in [5, 5.41) is 0. The van der Waals surface area contributed by atoms with E-state index >= 15 is 0 Å². The Labute approximate surface area is 119 Å². The SMILES string of the molecule is CCCCCCCCCN1CCCC1C(=O)C(C)C. The van der Waals surface area contributed by atoms with E-state index in [1.807, 2.05) is 13.8 Å². The second kappa shape index (κ2) is 9.52. The number of hydrogen-bond acceptors (Lipinski definition) is 2. The maximum Gasteiger partial charge on any atom is 0.152 e. The molecule has 1 atom stereocenters. The van der Waals surface area contributed by atoms with Gasteiger partial charge < -0.3 is 0 Å². The molecule has 0 radical (unpaired) electrons.